The molecular formula is C22H33N5. The number of nitrogens with one attached hydrogen (secondary N) is 3. The Hall–Kier alpha value is -2.01. The molecule has 2 unspecified atom stereocenters. The number of aliphatic imine (C=N–C) groups is 1. The van der Waals surface area contributed by atoms with Gasteiger partial charge in [0.1, 0.15) is 0 Å². The molecule has 1 aromatic heterocycles. The first-order chi connectivity index (χ1) is 13.2. The monoisotopic (exact) mass is 367 g/mol. The Morgan fingerprint density at radius 3 is 2.96 bits per heavy atom. The van der Waals surface area contributed by atoms with Crippen LogP contribution in [-0.4, -0.2) is 53.6 Å². The summed E-state index contributed by atoms with van der Waals surface area (Å²) in [7, 11) is 0. The van der Waals surface area contributed by atoms with E-state index in [0.29, 0.717) is 12.1 Å². The van der Waals surface area contributed by atoms with Crippen LogP contribution in [0.25, 0.3) is 10.9 Å². The third-order valence-electron chi connectivity index (χ3n) is 5.98. The van der Waals surface area contributed by atoms with Gasteiger partial charge in [-0.3, -0.25) is 9.89 Å². The highest BCUT2D eigenvalue weighted by Gasteiger charge is 2.38. The Bertz CT molecular complexity index is 804. The highest BCUT2D eigenvalue weighted by molar-refractivity contribution is 5.86. The molecule has 27 heavy (non-hydrogen) atoms. The number of rotatable bonds is 6. The fourth-order valence-electron chi connectivity index (χ4n) is 4.45. The lowest BCUT2D eigenvalue weighted by molar-refractivity contribution is 0.256. The van der Waals surface area contributed by atoms with Crippen molar-refractivity contribution in [2.45, 2.75) is 64.6 Å². The van der Waals surface area contributed by atoms with E-state index in [1.807, 2.05) is 0 Å². The van der Waals surface area contributed by atoms with Gasteiger partial charge < -0.3 is 15.6 Å². The van der Waals surface area contributed by atoms with Crippen molar-refractivity contribution in [3.63, 3.8) is 0 Å². The number of benzene rings is 1. The third-order valence-corrected chi connectivity index (χ3v) is 5.98. The van der Waals surface area contributed by atoms with E-state index in [-0.39, 0.29) is 0 Å². The molecule has 1 aliphatic carbocycles. The number of aromatic nitrogens is 1. The zero-order chi connectivity index (χ0) is 18.8. The highest BCUT2D eigenvalue weighted by Crippen LogP contribution is 2.33. The second kappa shape index (κ2) is 7.93. The van der Waals surface area contributed by atoms with Gasteiger partial charge in [-0.1, -0.05) is 18.2 Å². The molecule has 1 saturated carbocycles. The van der Waals surface area contributed by atoms with Crippen LogP contribution in [0.5, 0.6) is 0 Å². The Kier molecular flexibility index (Phi) is 5.39. The Labute approximate surface area is 162 Å². The van der Waals surface area contributed by atoms with E-state index in [2.05, 4.69) is 65.7 Å². The SMILES string of the molecule is CCNC(=NCCc1c[nH]c2c(C)cccc12)NC1CC(C)N(C2CC2)C1. The van der Waals surface area contributed by atoms with Gasteiger partial charge in [-0.25, -0.2) is 0 Å². The lowest BCUT2D eigenvalue weighted by Crippen LogP contribution is -2.44. The van der Waals surface area contributed by atoms with E-state index in [0.717, 1.165) is 38.1 Å². The first-order valence-corrected chi connectivity index (χ1v) is 10.5. The average molecular weight is 368 g/mol. The standard InChI is InChI=1S/C22H33N5/c1-4-23-22(26-18-12-16(3)27(14-18)19-8-9-19)24-11-10-17-13-25-21-15(2)6-5-7-20(17)21/h5-7,13,16,18-19,25H,4,8-12,14H2,1-3H3,(H2,23,24,26). The summed E-state index contributed by atoms with van der Waals surface area (Å²) in [5, 5.41) is 8.43. The zero-order valence-corrected chi connectivity index (χ0v) is 16.9. The topological polar surface area (TPSA) is 55.5 Å². The summed E-state index contributed by atoms with van der Waals surface area (Å²) in [4.78, 5) is 10.9. The Morgan fingerprint density at radius 1 is 1.33 bits per heavy atom. The molecule has 3 N–H and O–H groups in total. The molecule has 1 aromatic carbocycles. The molecular weight excluding hydrogens is 334 g/mol. The summed E-state index contributed by atoms with van der Waals surface area (Å²) in [6.45, 7) is 9.49. The predicted molar refractivity (Wildman–Crippen MR) is 113 cm³/mol. The molecule has 2 fully saturated rings. The first kappa shape index (κ1) is 18.4. The lowest BCUT2D eigenvalue weighted by atomic mass is 10.1. The summed E-state index contributed by atoms with van der Waals surface area (Å²) in [6.07, 6.45) is 7.07. The Balaban J connectivity index is 1.37. The molecule has 146 valence electrons. The van der Waals surface area contributed by atoms with Gasteiger partial charge in [0.15, 0.2) is 5.96 Å². The van der Waals surface area contributed by atoms with Gasteiger partial charge in [-0.15, -0.1) is 0 Å². The minimum Gasteiger partial charge on any atom is -0.361 e. The summed E-state index contributed by atoms with van der Waals surface area (Å²) in [6, 6.07) is 8.53. The summed E-state index contributed by atoms with van der Waals surface area (Å²) in [5.41, 5.74) is 3.90. The Morgan fingerprint density at radius 2 is 2.19 bits per heavy atom. The zero-order valence-electron chi connectivity index (χ0n) is 16.9. The molecule has 0 amide bonds. The van der Waals surface area contributed by atoms with Gasteiger partial charge in [0.05, 0.1) is 0 Å². The summed E-state index contributed by atoms with van der Waals surface area (Å²) < 4.78 is 0. The number of likely N-dealkylation sites (tertiary alicyclic amines) is 1. The van der Waals surface area contributed by atoms with Crippen LogP contribution in [0.4, 0.5) is 0 Å². The minimum absolute atomic E-state index is 0.508. The molecule has 2 heterocycles. The maximum Gasteiger partial charge on any atom is 0.191 e. The van der Waals surface area contributed by atoms with Gasteiger partial charge in [0.2, 0.25) is 0 Å². The quantitative estimate of drug-likeness (QED) is 0.543. The van der Waals surface area contributed by atoms with Gasteiger partial charge in [0, 0.05) is 54.9 Å². The number of hydrogen-bond donors (Lipinski definition) is 3. The van der Waals surface area contributed by atoms with Gasteiger partial charge in [-0.05, 0) is 57.6 Å². The van der Waals surface area contributed by atoms with Crippen LogP contribution in [0.1, 0.15) is 44.2 Å². The van der Waals surface area contributed by atoms with Gasteiger partial charge in [-0.2, -0.15) is 0 Å². The van der Waals surface area contributed by atoms with Crippen LogP contribution in [-0.2, 0) is 6.42 Å². The molecule has 2 aromatic rings. The molecule has 1 saturated heterocycles. The van der Waals surface area contributed by atoms with Crippen LogP contribution in [0.2, 0.25) is 0 Å². The van der Waals surface area contributed by atoms with Crippen molar-refractivity contribution >= 4 is 16.9 Å². The van der Waals surface area contributed by atoms with E-state index >= 15 is 0 Å². The molecule has 2 aliphatic rings. The van der Waals surface area contributed by atoms with E-state index < -0.39 is 0 Å². The van der Waals surface area contributed by atoms with Crippen molar-refractivity contribution in [3.8, 4) is 0 Å². The summed E-state index contributed by atoms with van der Waals surface area (Å²) >= 11 is 0. The smallest absolute Gasteiger partial charge is 0.191 e. The van der Waals surface area contributed by atoms with Crippen molar-refractivity contribution in [1.82, 2.24) is 20.5 Å². The molecule has 5 heteroatoms. The minimum atomic E-state index is 0.508. The molecule has 0 radical (unpaired) electrons. The van der Waals surface area contributed by atoms with E-state index in [1.54, 1.807) is 0 Å². The van der Waals surface area contributed by atoms with E-state index in [9.17, 15) is 0 Å². The maximum absolute atomic E-state index is 4.85. The normalized spacial score (nSPS) is 23.9. The fourth-order valence-corrected chi connectivity index (χ4v) is 4.45. The number of aryl methyl sites for hydroxylation is 1. The number of fused-ring (bicyclic) bond motifs is 1. The lowest BCUT2D eigenvalue weighted by Gasteiger charge is -2.20. The molecule has 4 rings (SSSR count). The summed E-state index contributed by atoms with van der Waals surface area (Å²) in [5.74, 6) is 0.961. The number of guanidine groups is 1. The van der Waals surface area contributed by atoms with Crippen LogP contribution in [0.15, 0.2) is 29.4 Å². The number of aromatic amines is 1. The molecule has 1 aliphatic heterocycles. The van der Waals surface area contributed by atoms with E-state index in [4.69, 9.17) is 4.99 Å². The molecule has 2 atom stereocenters. The molecule has 5 nitrogen and oxygen atoms in total. The maximum atomic E-state index is 4.85. The second-order valence-electron chi connectivity index (χ2n) is 8.18. The van der Waals surface area contributed by atoms with Crippen LogP contribution >= 0.6 is 0 Å². The largest absolute Gasteiger partial charge is 0.361 e. The number of para-hydroxylation sites is 1. The number of hydrogen-bond acceptors (Lipinski definition) is 2. The molecule has 0 bridgehead atoms. The van der Waals surface area contributed by atoms with Crippen molar-refractivity contribution in [2.75, 3.05) is 19.6 Å². The average Bonchev–Trinajstić information content (AvgIpc) is 3.30. The van der Waals surface area contributed by atoms with Crippen LogP contribution in [0, 0.1) is 6.92 Å². The van der Waals surface area contributed by atoms with Gasteiger partial charge in [0.25, 0.3) is 0 Å². The molecule has 0 spiro atoms. The van der Waals surface area contributed by atoms with Gasteiger partial charge >= 0.3 is 0 Å². The third kappa shape index (κ3) is 4.13. The fraction of sp³-hybridized carbons (Fsp3) is 0.591. The number of nitrogens with zero attached hydrogens (tertiary/aromatic N) is 2. The van der Waals surface area contributed by atoms with Crippen molar-refractivity contribution in [2.24, 2.45) is 4.99 Å². The second-order valence-corrected chi connectivity index (χ2v) is 8.18. The van der Waals surface area contributed by atoms with Crippen LogP contribution < -0.4 is 10.6 Å². The highest BCUT2D eigenvalue weighted by atomic mass is 15.3. The van der Waals surface area contributed by atoms with Crippen LogP contribution in [0.3, 0.4) is 0 Å². The predicted octanol–water partition coefficient (Wildman–Crippen LogP) is 3.20. The number of H-pyrrole nitrogens is 1. The van der Waals surface area contributed by atoms with Crippen molar-refractivity contribution < 1.29 is 0 Å². The first-order valence-electron chi connectivity index (χ1n) is 10.5. The van der Waals surface area contributed by atoms with Crippen molar-refractivity contribution in [1.29, 1.82) is 0 Å². The van der Waals surface area contributed by atoms with E-state index in [1.165, 1.54) is 41.3 Å². The van der Waals surface area contributed by atoms with Crippen molar-refractivity contribution in [3.05, 3.63) is 35.5 Å².